The molecule has 0 bridgehead atoms. The molecule has 0 atom stereocenters. The molecule has 1 N–H and O–H groups in total. The van der Waals surface area contributed by atoms with Crippen LogP contribution in [0.15, 0.2) is 39.6 Å². The van der Waals surface area contributed by atoms with Crippen LogP contribution in [0.3, 0.4) is 0 Å². The SMILES string of the molecule is COc1ccc(CNC(=O)c2ccoc2Br)cc1OC. The molecular weight excluding hydrogens is 326 g/mol. The molecule has 0 saturated heterocycles. The minimum Gasteiger partial charge on any atom is -0.493 e. The van der Waals surface area contributed by atoms with Crippen molar-refractivity contribution in [3.8, 4) is 11.5 Å². The number of furan rings is 1. The number of rotatable bonds is 5. The molecule has 0 saturated carbocycles. The van der Waals surface area contributed by atoms with E-state index in [4.69, 9.17) is 13.9 Å². The molecule has 0 aliphatic carbocycles. The van der Waals surface area contributed by atoms with Gasteiger partial charge in [0.05, 0.1) is 26.0 Å². The highest BCUT2D eigenvalue weighted by Gasteiger charge is 2.12. The van der Waals surface area contributed by atoms with Crippen LogP contribution in [0.1, 0.15) is 15.9 Å². The molecule has 2 rings (SSSR count). The summed E-state index contributed by atoms with van der Waals surface area (Å²) in [6, 6.07) is 7.09. The Bertz CT molecular complexity index is 609. The summed E-state index contributed by atoms with van der Waals surface area (Å²) in [6.45, 7) is 0.386. The summed E-state index contributed by atoms with van der Waals surface area (Å²) in [5.74, 6) is 1.07. The topological polar surface area (TPSA) is 60.7 Å². The standard InChI is InChI=1S/C14H14BrNO4/c1-18-11-4-3-9(7-12(11)19-2)8-16-14(17)10-5-6-20-13(10)15/h3-7H,8H2,1-2H3,(H,16,17). The minimum absolute atomic E-state index is 0.208. The maximum Gasteiger partial charge on any atom is 0.256 e. The average molecular weight is 340 g/mol. The van der Waals surface area contributed by atoms with Gasteiger partial charge in [-0.05, 0) is 39.7 Å². The molecule has 0 fully saturated rings. The fraction of sp³-hybridized carbons (Fsp3) is 0.214. The molecule has 6 heteroatoms. The summed E-state index contributed by atoms with van der Waals surface area (Å²) in [7, 11) is 3.15. The Kier molecular flexibility index (Phi) is 4.68. The van der Waals surface area contributed by atoms with Gasteiger partial charge < -0.3 is 19.2 Å². The van der Waals surface area contributed by atoms with Crippen molar-refractivity contribution < 1.29 is 18.7 Å². The largest absolute Gasteiger partial charge is 0.493 e. The highest BCUT2D eigenvalue weighted by atomic mass is 79.9. The van der Waals surface area contributed by atoms with E-state index in [0.29, 0.717) is 28.3 Å². The second-order valence-corrected chi connectivity index (χ2v) is 4.70. The first-order valence-electron chi connectivity index (χ1n) is 5.87. The van der Waals surface area contributed by atoms with E-state index in [1.165, 1.54) is 6.26 Å². The fourth-order valence-corrected chi connectivity index (χ4v) is 2.14. The van der Waals surface area contributed by atoms with Crippen molar-refractivity contribution in [2.75, 3.05) is 14.2 Å². The second-order valence-electron chi connectivity index (χ2n) is 3.98. The van der Waals surface area contributed by atoms with Crippen molar-refractivity contribution in [2.24, 2.45) is 0 Å². The first kappa shape index (κ1) is 14.5. The van der Waals surface area contributed by atoms with Gasteiger partial charge in [-0.15, -0.1) is 0 Å². The zero-order valence-corrected chi connectivity index (χ0v) is 12.7. The summed E-state index contributed by atoms with van der Waals surface area (Å²) >= 11 is 3.17. The molecule has 0 aliphatic heterocycles. The van der Waals surface area contributed by atoms with Crippen LogP contribution in [-0.4, -0.2) is 20.1 Å². The van der Waals surface area contributed by atoms with Gasteiger partial charge in [-0.3, -0.25) is 4.79 Å². The van der Waals surface area contributed by atoms with Crippen molar-refractivity contribution in [1.29, 1.82) is 0 Å². The van der Waals surface area contributed by atoms with E-state index in [9.17, 15) is 4.79 Å². The van der Waals surface area contributed by atoms with E-state index in [1.807, 2.05) is 12.1 Å². The van der Waals surface area contributed by atoms with Crippen molar-refractivity contribution in [3.63, 3.8) is 0 Å². The summed E-state index contributed by atoms with van der Waals surface area (Å²) in [4.78, 5) is 11.9. The van der Waals surface area contributed by atoms with Gasteiger partial charge in [0.1, 0.15) is 0 Å². The van der Waals surface area contributed by atoms with E-state index >= 15 is 0 Å². The van der Waals surface area contributed by atoms with Gasteiger partial charge in [0.15, 0.2) is 16.2 Å². The number of halogens is 1. The molecular formula is C14H14BrNO4. The lowest BCUT2D eigenvalue weighted by molar-refractivity contribution is 0.0949. The maximum atomic E-state index is 11.9. The van der Waals surface area contributed by atoms with Gasteiger partial charge in [0.2, 0.25) is 0 Å². The van der Waals surface area contributed by atoms with Crippen molar-refractivity contribution >= 4 is 21.8 Å². The lowest BCUT2D eigenvalue weighted by atomic mass is 10.2. The molecule has 5 nitrogen and oxygen atoms in total. The van der Waals surface area contributed by atoms with Gasteiger partial charge >= 0.3 is 0 Å². The molecule has 0 aliphatic rings. The van der Waals surface area contributed by atoms with Crippen LogP contribution >= 0.6 is 15.9 Å². The van der Waals surface area contributed by atoms with Crippen LogP contribution in [0.4, 0.5) is 0 Å². The van der Waals surface area contributed by atoms with E-state index in [0.717, 1.165) is 5.56 Å². The van der Waals surface area contributed by atoms with E-state index in [1.54, 1.807) is 26.4 Å². The molecule has 1 heterocycles. The van der Waals surface area contributed by atoms with Crippen LogP contribution in [0.25, 0.3) is 0 Å². The lowest BCUT2D eigenvalue weighted by Gasteiger charge is -2.10. The summed E-state index contributed by atoms with van der Waals surface area (Å²) in [5, 5.41) is 2.81. The highest BCUT2D eigenvalue weighted by Crippen LogP contribution is 2.27. The van der Waals surface area contributed by atoms with Crippen molar-refractivity contribution in [1.82, 2.24) is 5.32 Å². The Morgan fingerprint density at radius 3 is 2.60 bits per heavy atom. The quantitative estimate of drug-likeness (QED) is 0.909. The molecule has 1 aromatic heterocycles. The molecule has 20 heavy (non-hydrogen) atoms. The number of benzene rings is 1. The Hall–Kier alpha value is -1.95. The molecule has 0 unspecified atom stereocenters. The van der Waals surface area contributed by atoms with Gasteiger partial charge in [-0.2, -0.15) is 0 Å². The number of hydrogen-bond donors (Lipinski definition) is 1. The second kappa shape index (κ2) is 6.47. The van der Waals surface area contributed by atoms with Crippen LogP contribution in [0, 0.1) is 0 Å². The number of amides is 1. The monoisotopic (exact) mass is 339 g/mol. The van der Waals surface area contributed by atoms with Gasteiger partial charge in [-0.25, -0.2) is 0 Å². The minimum atomic E-state index is -0.208. The molecule has 1 amide bonds. The van der Waals surface area contributed by atoms with Crippen molar-refractivity contribution in [3.05, 3.63) is 46.3 Å². The third-order valence-electron chi connectivity index (χ3n) is 2.76. The Morgan fingerprint density at radius 2 is 2.00 bits per heavy atom. The maximum absolute atomic E-state index is 11.9. The predicted octanol–water partition coefficient (Wildman–Crippen LogP) is 2.99. The predicted molar refractivity (Wildman–Crippen MR) is 77.1 cm³/mol. The number of ether oxygens (including phenoxy) is 2. The smallest absolute Gasteiger partial charge is 0.256 e. The van der Waals surface area contributed by atoms with Gasteiger partial charge in [0, 0.05) is 6.54 Å². The number of carbonyl (C=O) groups is 1. The lowest BCUT2D eigenvalue weighted by Crippen LogP contribution is -2.22. The number of nitrogens with one attached hydrogen (secondary N) is 1. The number of carbonyl (C=O) groups excluding carboxylic acids is 1. The molecule has 0 radical (unpaired) electrons. The van der Waals surface area contributed by atoms with Crippen LogP contribution in [0.2, 0.25) is 0 Å². The summed E-state index contributed by atoms with van der Waals surface area (Å²) < 4.78 is 15.8. The third kappa shape index (κ3) is 3.14. The van der Waals surface area contributed by atoms with Gasteiger partial charge in [0.25, 0.3) is 5.91 Å². The van der Waals surface area contributed by atoms with Crippen LogP contribution < -0.4 is 14.8 Å². The number of methoxy groups -OCH3 is 2. The summed E-state index contributed by atoms with van der Waals surface area (Å²) in [5.41, 5.74) is 1.38. The Balaban J connectivity index is 2.04. The number of hydrogen-bond acceptors (Lipinski definition) is 4. The van der Waals surface area contributed by atoms with E-state index < -0.39 is 0 Å². The van der Waals surface area contributed by atoms with Crippen LogP contribution in [-0.2, 0) is 6.54 Å². The van der Waals surface area contributed by atoms with E-state index in [-0.39, 0.29) is 5.91 Å². The van der Waals surface area contributed by atoms with Crippen LogP contribution in [0.5, 0.6) is 11.5 Å². The zero-order chi connectivity index (χ0) is 14.5. The Morgan fingerprint density at radius 1 is 1.25 bits per heavy atom. The molecule has 2 aromatic rings. The van der Waals surface area contributed by atoms with Crippen molar-refractivity contribution in [2.45, 2.75) is 6.54 Å². The first-order chi connectivity index (χ1) is 9.65. The summed E-state index contributed by atoms with van der Waals surface area (Å²) in [6.07, 6.45) is 1.45. The highest BCUT2D eigenvalue weighted by molar-refractivity contribution is 9.10. The van der Waals surface area contributed by atoms with Gasteiger partial charge in [-0.1, -0.05) is 6.07 Å². The normalized spacial score (nSPS) is 10.2. The third-order valence-corrected chi connectivity index (χ3v) is 3.38. The fourth-order valence-electron chi connectivity index (χ4n) is 1.72. The molecule has 1 aromatic carbocycles. The average Bonchev–Trinajstić information content (AvgIpc) is 2.90. The van der Waals surface area contributed by atoms with E-state index in [2.05, 4.69) is 21.2 Å². The molecule has 106 valence electrons. The molecule has 0 spiro atoms. The Labute approximate surface area is 125 Å². The first-order valence-corrected chi connectivity index (χ1v) is 6.67. The zero-order valence-electron chi connectivity index (χ0n) is 11.1.